The van der Waals surface area contributed by atoms with Gasteiger partial charge in [0, 0.05) is 32.6 Å². The highest BCUT2D eigenvalue weighted by atomic mass is 16.2. The van der Waals surface area contributed by atoms with Gasteiger partial charge in [0.1, 0.15) is 0 Å². The van der Waals surface area contributed by atoms with E-state index in [1.54, 1.807) is 0 Å². The smallest absolute Gasteiger partial charge is 0.253 e. The number of carbonyl (C=O) groups excluding carboxylic acids is 7. The molecule has 0 aliphatic rings. The van der Waals surface area contributed by atoms with Crippen molar-refractivity contribution in [2.45, 2.75) is 154 Å². The van der Waals surface area contributed by atoms with Gasteiger partial charge in [0.25, 0.3) is 35.4 Å². The Labute approximate surface area is 319 Å². The van der Waals surface area contributed by atoms with Crippen molar-refractivity contribution in [3.63, 3.8) is 0 Å². The molecule has 0 saturated heterocycles. The third-order valence-corrected chi connectivity index (χ3v) is 7.45. The predicted octanol–water partition coefficient (Wildman–Crippen LogP) is 3.09. The first-order chi connectivity index (χ1) is 23.8. The highest BCUT2D eigenvalue weighted by Crippen LogP contribution is 2.22. The van der Waals surface area contributed by atoms with Crippen molar-refractivity contribution < 1.29 is 33.6 Å². The molecule has 0 radical (unpaired) electrons. The molecule has 0 spiro atoms. The van der Waals surface area contributed by atoms with Crippen molar-refractivity contribution in [1.29, 1.82) is 0 Å². The van der Waals surface area contributed by atoms with Gasteiger partial charge in [0.2, 0.25) is 5.91 Å². The largest absolute Gasteiger partial charge is 0.353 e. The van der Waals surface area contributed by atoms with E-state index in [2.05, 4.69) is 58.0 Å². The summed E-state index contributed by atoms with van der Waals surface area (Å²) in [6.07, 6.45) is 3.04. The van der Waals surface area contributed by atoms with E-state index in [9.17, 15) is 33.6 Å². The fourth-order valence-electron chi connectivity index (χ4n) is 4.37. The van der Waals surface area contributed by atoms with Crippen LogP contribution in [0.4, 0.5) is 0 Å². The van der Waals surface area contributed by atoms with Gasteiger partial charge in [0.05, 0.1) is 0 Å². The number of carbonyl (C=O) groups is 7. The molecule has 0 unspecified atom stereocenters. The monoisotopic (exact) mass is 752 g/mol. The summed E-state index contributed by atoms with van der Waals surface area (Å²) in [5.41, 5.74) is -1.29. The van der Waals surface area contributed by atoms with E-state index in [1.165, 1.54) is 0 Å². The average Bonchev–Trinajstić information content (AvgIpc) is 2.97. The van der Waals surface area contributed by atoms with Crippen molar-refractivity contribution >= 4 is 41.4 Å². The van der Waals surface area contributed by atoms with Gasteiger partial charge in [-0.25, -0.2) is 0 Å². The van der Waals surface area contributed by atoms with Crippen LogP contribution in [0.3, 0.4) is 0 Å². The Morgan fingerprint density at radius 3 is 0.906 bits per heavy atom. The van der Waals surface area contributed by atoms with Crippen LogP contribution in [-0.2, 0) is 33.6 Å². The number of hydrogen-bond donors (Lipinski definition) is 7. The molecule has 7 N–H and O–H groups in total. The van der Waals surface area contributed by atoms with E-state index < -0.39 is 59.5 Å². The van der Waals surface area contributed by atoms with Crippen LogP contribution >= 0.6 is 0 Å². The molecule has 0 rings (SSSR count). The molecular formula is C39H73N7O7. The van der Waals surface area contributed by atoms with Crippen LogP contribution in [0.1, 0.15) is 136 Å². The van der Waals surface area contributed by atoms with Gasteiger partial charge in [0.15, 0.2) is 18.1 Å². The van der Waals surface area contributed by atoms with Gasteiger partial charge < -0.3 is 37.2 Å². The van der Waals surface area contributed by atoms with Crippen molar-refractivity contribution in [2.24, 2.45) is 27.1 Å². The van der Waals surface area contributed by atoms with Crippen LogP contribution in [0.15, 0.2) is 0 Å². The zero-order valence-corrected chi connectivity index (χ0v) is 35.5. The number of nitrogens with one attached hydrogen (secondary N) is 7. The Morgan fingerprint density at radius 1 is 0.358 bits per heavy atom. The fourth-order valence-corrected chi connectivity index (χ4v) is 4.37. The zero-order chi connectivity index (χ0) is 41.6. The Morgan fingerprint density at radius 2 is 0.642 bits per heavy atom. The number of unbranched alkanes of at least 4 members (excludes halogenated alkanes) is 2. The maximum absolute atomic E-state index is 13.9. The first kappa shape index (κ1) is 49.3. The number of rotatable bonds is 18. The zero-order valence-electron chi connectivity index (χ0n) is 35.5. The van der Waals surface area contributed by atoms with Crippen LogP contribution in [0.5, 0.6) is 0 Å². The first-order valence-electron chi connectivity index (χ1n) is 18.8. The second kappa shape index (κ2) is 20.7. The molecule has 53 heavy (non-hydrogen) atoms. The van der Waals surface area contributed by atoms with Gasteiger partial charge in [-0.05, 0) is 39.9 Å². The molecule has 0 saturated carbocycles. The molecule has 0 atom stereocenters. The SMILES string of the molecule is CC(C)(C)CCCCCC(=O)NC(C(=O)NC(C(=O)NCC(C)(C)C)C(=O)NCC(C)(C)C)C(=O)NC(C(=O)NCC(C)(C)C)C(=O)NCC(C)(C)C. The molecule has 14 heteroatoms. The van der Waals surface area contributed by atoms with Gasteiger partial charge in [-0.2, -0.15) is 0 Å². The van der Waals surface area contributed by atoms with Gasteiger partial charge in [-0.15, -0.1) is 0 Å². The summed E-state index contributed by atoms with van der Waals surface area (Å²) in [5.74, 6) is -6.23. The normalized spacial score (nSPS) is 12.6. The van der Waals surface area contributed by atoms with Crippen molar-refractivity contribution in [3.8, 4) is 0 Å². The molecule has 306 valence electrons. The summed E-state index contributed by atoms with van der Waals surface area (Å²) in [7, 11) is 0. The van der Waals surface area contributed by atoms with Crippen LogP contribution in [0.2, 0.25) is 0 Å². The Balaban J connectivity index is 6.59. The summed E-state index contributed by atoms with van der Waals surface area (Å²) in [5, 5.41) is 17.8. The summed E-state index contributed by atoms with van der Waals surface area (Å²) in [4.78, 5) is 94.5. The number of amides is 7. The lowest BCUT2D eigenvalue weighted by Gasteiger charge is -2.27. The molecular weight excluding hydrogens is 678 g/mol. The third kappa shape index (κ3) is 24.3. The van der Waals surface area contributed by atoms with Crippen LogP contribution in [0.25, 0.3) is 0 Å². The highest BCUT2D eigenvalue weighted by molar-refractivity contribution is 6.14. The standard InChI is InChI=1S/C39H73N7O7/c1-35(2,3)20-18-16-17-19-25(47)44-28(33(52)45-26(29(48)40-21-36(4,5)6)30(49)41-22-37(7,8)9)34(53)46-27(31(50)42-23-38(10,11)12)32(51)43-24-39(13,14)15/h26-28H,16-24H2,1-15H3,(H,40,48)(H,41,49)(H,42,50)(H,43,51)(H,44,47)(H,45,52)(H,46,53). The van der Waals surface area contributed by atoms with E-state index in [-0.39, 0.29) is 59.7 Å². The van der Waals surface area contributed by atoms with E-state index >= 15 is 0 Å². The summed E-state index contributed by atoms with van der Waals surface area (Å²) in [6.45, 7) is 29.6. The molecule has 0 aliphatic carbocycles. The van der Waals surface area contributed by atoms with Gasteiger partial charge in [-0.1, -0.05) is 117 Å². The molecule has 0 fully saturated rings. The maximum Gasteiger partial charge on any atom is 0.253 e. The second-order valence-electron chi connectivity index (χ2n) is 20.1. The second-order valence-corrected chi connectivity index (χ2v) is 20.1. The molecule has 0 aromatic carbocycles. The summed E-state index contributed by atoms with van der Waals surface area (Å²) in [6, 6.07) is -5.53. The van der Waals surface area contributed by atoms with Crippen molar-refractivity contribution in [3.05, 3.63) is 0 Å². The fraction of sp³-hybridized carbons (Fsp3) is 0.821. The van der Waals surface area contributed by atoms with Crippen LogP contribution in [0, 0.1) is 27.1 Å². The average molecular weight is 752 g/mol. The molecule has 0 heterocycles. The van der Waals surface area contributed by atoms with E-state index in [0.29, 0.717) is 6.42 Å². The van der Waals surface area contributed by atoms with Gasteiger partial charge >= 0.3 is 0 Å². The van der Waals surface area contributed by atoms with Crippen LogP contribution < -0.4 is 37.2 Å². The highest BCUT2D eigenvalue weighted by Gasteiger charge is 2.38. The van der Waals surface area contributed by atoms with E-state index in [1.807, 2.05) is 83.1 Å². The number of hydrogen-bond acceptors (Lipinski definition) is 7. The van der Waals surface area contributed by atoms with Crippen molar-refractivity contribution in [2.75, 3.05) is 26.2 Å². The molecule has 0 bridgehead atoms. The molecule has 0 aromatic rings. The minimum Gasteiger partial charge on any atom is -0.353 e. The Bertz CT molecular complexity index is 1120. The third-order valence-electron chi connectivity index (χ3n) is 7.45. The van der Waals surface area contributed by atoms with E-state index in [0.717, 1.165) is 19.3 Å². The summed E-state index contributed by atoms with van der Waals surface area (Å²) >= 11 is 0. The predicted molar refractivity (Wildman–Crippen MR) is 208 cm³/mol. The van der Waals surface area contributed by atoms with Crippen LogP contribution in [-0.4, -0.2) is 85.7 Å². The lowest BCUT2D eigenvalue weighted by Crippen LogP contribution is -2.65. The van der Waals surface area contributed by atoms with Crippen molar-refractivity contribution in [1.82, 2.24) is 37.2 Å². The molecule has 14 nitrogen and oxygen atoms in total. The Hall–Kier alpha value is -3.71. The lowest BCUT2D eigenvalue weighted by atomic mass is 9.89. The molecule has 0 aliphatic heterocycles. The topological polar surface area (TPSA) is 204 Å². The van der Waals surface area contributed by atoms with E-state index in [4.69, 9.17) is 0 Å². The first-order valence-corrected chi connectivity index (χ1v) is 18.8. The Kier molecular flexibility index (Phi) is 19.2. The molecule has 7 amide bonds. The molecule has 0 aromatic heterocycles. The lowest BCUT2D eigenvalue weighted by molar-refractivity contribution is -0.143. The minimum absolute atomic E-state index is 0.00959. The van der Waals surface area contributed by atoms with Gasteiger partial charge in [-0.3, -0.25) is 33.6 Å². The quantitative estimate of drug-likeness (QED) is 0.0823. The maximum atomic E-state index is 13.9. The summed E-state index contributed by atoms with van der Waals surface area (Å²) < 4.78 is 0. The minimum atomic E-state index is -2.00.